The van der Waals surface area contributed by atoms with Gasteiger partial charge >= 0.3 is 0 Å². The van der Waals surface area contributed by atoms with Gasteiger partial charge in [-0.1, -0.05) is 18.2 Å². The summed E-state index contributed by atoms with van der Waals surface area (Å²) in [6.07, 6.45) is 0.982. The molecule has 0 saturated heterocycles. The summed E-state index contributed by atoms with van der Waals surface area (Å²) in [5.74, 6) is 1.43. The first kappa shape index (κ1) is 9.97. The zero-order valence-corrected chi connectivity index (χ0v) is 8.42. The van der Waals surface area contributed by atoms with Crippen molar-refractivity contribution in [3.63, 3.8) is 0 Å². The highest BCUT2D eigenvalue weighted by molar-refractivity contribution is 5.33. The minimum absolute atomic E-state index is 0.432. The van der Waals surface area contributed by atoms with E-state index in [1.165, 1.54) is 5.56 Å². The fourth-order valence-corrected chi connectivity index (χ4v) is 1.34. The summed E-state index contributed by atoms with van der Waals surface area (Å²) in [7, 11) is 0. The third-order valence-electron chi connectivity index (χ3n) is 1.84. The third kappa shape index (κ3) is 3.02. The Labute approximate surface area is 80.7 Å². The van der Waals surface area contributed by atoms with E-state index in [-0.39, 0.29) is 0 Å². The van der Waals surface area contributed by atoms with Crippen molar-refractivity contribution >= 4 is 0 Å². The number of ether oxygens (including phenoxy) is 1. The third-order valence-corrected chi connectivity index (χ3v) is 1.84. The van der Waals surface area contributed by atoms with Crippen molar-refractivity contribution < 1.29 is 4.74 Å². The van der Waals surface area contributed by atoms with Gasteiger partial charge in [0.2, 0.25) is 0 Å². The highest BCUT2D eigenvalue weighted by atomic mass is 16.5. The second kappa shape index (κ2) is 4.80. The summed E-state index contributed by atoms with van der Waals surface area (Å²) >= 11 is 0. The maximum Gasteiger partial charge on any atom is 0.122 e. The van der Waals surface area contributed by atoms with Gasteiger partial charge in [-0.25, -0.2) is 0 Å². The van der Waals surface area contributed by atoms with Crippen molar-refractivity contribution in [2.75, 3.05) is 6.61 Å². The topological polar surface area (TPSA) is 9.23 Å². The molecule has 0 spiro atoms. The van der Waals surface area contributed by atoms with E-state index in [0.717, 1.165) is 18.8 Å². The molecule has 0 saturated carbocycles. The summed E-state index contributed by atoms with van der Waals surface area (Å²) in [5, 5.41) is 0. The fraction of sp³-hybridized carbons (Fsp3) is 0.417. The first-order valence-corrected chi connectivity index (χ1v) is 4.77. The van der Waals surface area contributed by atoms with Gasteiger partial charge in [0, 0.05) is 6.42 Å². The van der Waals surface area contributed by atoms with Gasteiger partial charge in [0.15, 0.2) is 0 Å². The Bertz CT molecular complexity index is 253. The minimum atomic E-state index is 0.432. The van der Waals surface area contributed by atoms with Crippen LogP contribution >= 0.6 is 0 Å². The fourth-order valence-electron chi connectivity index (χ4n) is 1.34. The van der Waals surface area contributed by atoms with Crippen LogP contribution in [0.2, 0.25) is 0 Å². The van der Waals surface area contributed by atoms with Crippen LogP contribution in [0.4, 0.5) is 0 Å². The van der Waals surface area contributed by atoms with Gasteiger partial charge in [0.05, 0.1) is 19.4 Å². The number of benzene rings is 1. The summed E-state index contributed by atoms with van der Waals surface area (Å²) in [5.41, 5.74) is 1.26. The van der Waals surface area contributed by atoms with Crippen LogP contribution in [-0.4, -0.2) is 6.61 Å². The van der Waals surface area contributed by atoms with Crippen LogP contribution in [0.3, 0.4) is 0 Å². The van der Waals surface area contributed by atoms with Crippen molar-refractivity contribution in [3.05, 3.63) is 36.8 Å². The molecule has 0 aliphatic rings. The first-order chi connectivity index (χ1) is 6.24. The zero-order valence-electron chi connectivity index (χ0n) is 8.42. The molecule has 1 nitrogen and oxygen atoms in total. The zero-order chi connectivity index (χ0) is 9.68. The molecule has 1 aromatic rings. The molecule has 0 heterocycles. The van der Waals surface area contributed by atoms with Crippen LogP contribution in [-0.2, 0) is 6.42 Å². The molecule has 0 aliphatic carbocycles. The molecule has 0 bridgehead atoms. The van der Waals surface area contributed by atoms with Crippen molar-refractivity contribution in [2.45, 2.75) is 20.3 Å². The van der Waals surface area contributed by atoms with Gasteiger partial charge in [-0.2, -0.15) is 0 Å². The molecule has 0 amide bonds. The summed E-state index contributed by atoms with van der Waals surface area (Å²) < 4.78 is 5.51. The maximum atomic E-state index is 5.51. The highest BCUT2D eigenvalue weighted by Gasteiger charge is 2.07. The molecular weight excluding hydrogens is 160 g/mol. The van der Waals surface area contributed by atoms with Gasteiger partial charge < -0.3 is 4.74 Å². The van der Waals surface area contributed by atoms with Crippen LogP contribution in [0.25, 0.3) is 0 Å². The lowest BCUT2D eigenvalue weighted by Crippen LogP contribution is -2.00. The van der Waals surface area contributed by atoms with E-state index in [1.807, 2.05) is 25.1 Å². The number of hydrogen-bond acceptors (Lipinski definition) is 1. The average molecular weight is 177 g/mol. The quantitative estimate of drug-likeness (QED) is 0.642. The first-order valence-electron chi connectivity index (χ1n) is 4.77. The van der Waals surface area contributed by atoms with Crippen molar-refractivity contribution in [2.24, 2.45) is 5.92 Å². The molecule has 1 unspecified atom stereocenters. The summed E-state index contributed by atoms with van der Waals surface area (Å²) in [6, 6.07) is 8.16. The van der Waals surface area contributed by atoms with Crippen LogP contribution in [0.5, 0.6) is 5.75 Å². The molecule has 0 aromatic heterocycles. The Morgan fingerprint density at radius 2 is 2.08 bits per heavy atom. The molecular formula is C12H17O+. The lowest BCUT2D eigenvalue weighted by molar-refractivity contribution is 0.335. The Balaban J connectivity index is 2.78. The Morgan fingerprint density at radius 3 is 2.69 bits per heavy atom. The average Bonchev–Trinajstić information content (AvgIpc) is 2.08. The molecule has 1 aromatic carbocycles. The number of rotatable bonds is 4. The van der Waals surface area contributed by atoms with Crippen molar-refractivity contribution in [3.8, 4) is 5.75 Å². The molecule has 0 fully saturated rings. The number of hydrogen-bond donors (Lipinski definition) is 0. The molecule has 13 heavy (non-hydrogen) atoms. The van der Waals surface area contributed by atoms with Crippen LogP contribution < -0.4 is 4.74 Å². The molecule has 1 rings (SSSR count). The van der Waals surface area contributed by atoms with E-state index in [1.54, 1.807) is 0 Å². The minimum Gasteiger partial charge on any atom is -0.494 e. The van der Waals surface area contributed by atoms with E-state index in [4.69, 9.17) is 4.74 Å². The van der Waals surface area contributed by atoms with Gasteiger partial charge in [-0.05, 0) is 25.5 Å². The second-order valence-electron chi connectivity index (χ2n) is 3.35. The van der Waals surface area contributed by atoms with E-state index in [0.29, 0.717) is 5.92 Å². The van der Waals surface area contributed by atoms with E-state index >= 15 is 0 Å². The Kier molecular flexibility index (Phi) is 3.69. The van der Waals surface area contributed by atoms with Crippen LogP contribution in [0.1, 0.15) is 19.4 Å². The van der Waals surface area contributed by atoms with Gasteiger partial charge in [-0.3, -0.25) is 0 Å². The van der Waals surface area contributed by atoms with E-state index in [2.05, 4.69) is 19.9 Å². The monoisotopic (exact) mass is 177 g/mol. The molecule has 0 radical (unpaired) electrons. The normalized spacial score (nSPS) is 12.5. The largest absolute Gasteiger partial charge is 0.494 e. The van der Waals surface area contributed by atoms with Crippen molar-refractivity contribution in [1.82, 2.24) is 0 Å². The molecule has 1 atom stereocenters. The van der Waals surface area contributed by atoms with Gasteiger partial charge in [0.25, 0.3) is 0 Å². The summed E-state index contributed by atoms with van der Waals surface area (Å²) in [4.78, 5) is 0. The standard InChI is InChI=1S/C12H17O/c1-4-13-12-8-6-5-7-11(12)9-10(2)3/h5-8,10H,2,4,9H2,1,3H3/q+1. The highest BCUT2D eigenvalue weighted by Crippen LogP contribution is 2.20. The molecule has 1 heteroatoms. The molecule has 0 N–H and O–H groups in total. The lowest BCUT2D eigenvalue weighted by Gasteiger charge is -2.09. The van der Waals surface area contributed by atoms with E-state index < -0.39 is 0 Å². The second-order valence-corrected chi connectivity index (χ2v) is 3.35. The molecule has 0 aliphatic heterocycles. The van der Waals surface area contributed by atoms with Crippen LogP contribution in [0.15, 0.2) is 24.3 Å². The smallest absolute Gasteiger partial charge is 0.122 e. The molecule has 70 valence electrons. The van der Waals surface area contributed by atoms with E-state index in [9.17, 15) is 0 Å². The predicted octanol–water partition coefficient (Wildman–Crippen LogP) is 3.10. The Morgan fingerprint density at radius 1 is 1.38 bits per heavy atom. The lowest BCUT2D eigenvalue weighted by atomic mass is 10.0. The Hall–Kier alpha value is -1.11. The SMILES string of the molecule is [CH2+]C(C)Cc1ccccc1OCC. The van der Waals surface area contributed by atoms with Crippen molar-refractivity contribution in [1.29, 1.82) is 0 Å². The summed E-state index contributed by atoms with van der Waals surface area (Å²) in [6.45, 7) is 8.82. The number of para-hydroxylation sites is 1. The van der Waals surface area contributed by atoms with Crippen LogP contribution in [0, 0.1) is 12.8 Å². The maximum absolute atomic E-state index is 5.51. The van der Waals surface area contributed by atoms with Gasteiger partial charge in [0.1, 0.15) is 5.75 Å². The predicted molar refractivity (Wildman–Crippen MR) is 55.8 cm³/mol. The van der Waals surface area contributed by atoms with Gasteiger partial charge in [-0.15, -0.1) is 0 Å².